The molecule has 4 heteroatoms. The summed E-state index contributed by atoms with van der Waals surface area (Å²) in [5.74, 6) is -0.444. The topological polar surface area (TPSA) is 66.8 Å². The molecular formula is C17H14O4. The van der Waals surface area contributed by atoms with Gasteiger partial charge in [-0.15, -0.1) is 0 Å². The molecule has 0 fully saturated rings. The molecule has 1 atom stereocenters. The maximum absolute atomic E-state index is 12.0. The molecule has 1 unspecified atom stereocenters. The number of aliphatic hydroxyl groups excluding tert-OH is 1. The van der Waals surface area contributed by atoms with Crippen LogP contribution in [0.25, 0.3) is 0 Å². The van der Waals surface area contributed by atoms with Crippen molar-refractivity contribution in [3.8, 4) is 5.75 Å². The van der Waals surface area contributed by atoms with Crippen LogP contribution in [0.4, 0.5) is 0 Å². The van der Waals surface area contributed by atoms with Gasteiger partial charge in [0.25, 0.3) is 0 Å². The summed E-state index contributed by atoms with van der Waals surface area (Å²) < 4.78 is 5.24. The molecule has 0 spiro atoms. The maximum atomic E-state index is 12.0. The lowest BCUT2D eigenvalue weighted by Crippen LogP contribution is -2.04. The first kappa shape index (κ1) is 13.2. The second-order valence-corrected chi connectivity index (χ2v) is 4.90. The number of hydrogen-bond acceptors (Lipinski definition) is 4. The van der Waals surface area contributed by atoms with E-state index >= 15 is 0 Å². The Morgan fingerprint density at radius 3 is 2.29 bits per heavy atom. The van der Waals surface area contributed by atoms with Crippen LogP contribution in [0.5, 0.6) is 5.75 Å². The third-order valence-electron chi connectivity index (χ3n) is 3.45. The number of phenols is 1. The summed E-state index contributed by atoms with van der Waals surface area (Å²) in [7, 11) is 0. The van der Waals surface area contributed by atoms with Crippen LogP contribution < -0.4 is 0 Å². The van der Waals surface area contributed by atoms with Crippen LogP contribution in [0.2, 0.25) is 0 Å². The summed E-state index contributed by atoms with van der Waals surface area (Å²) in [6, 6.07) is 15.7. The minimum absolute atomic E-state index is 0.0606. The van der Waals surface area contributed by atoms with E-state index in [9.17, 15) is 15.0 Å². The minimum Gasteiger partial charge on any atom is -0.508 e. The van der Waals surface area contributed by atoms with E-state index < -0.39 is 12.1 Å². The first-order chi connectivity index (χ1) is 10.1. The maximum Gasteiger partial charge on any atom is 0.338 e. The monoisotopic (exact) mass is 282 g/mol. The zero-order valence-electron chi connectivity index (χ0n) is 11.2. The highest BCUT2D eigenvalue weighted by Crippen LogP contribution is 2.35. The van der Waals surface area contributed by atoms with E-state index in [1.165, 1.54) is 12.1 Å². The zero-order chi connectivity index (χ0) is 14.8. The van der Waals surface area contributed by atoms with Gasteiger partial charge in [-0.1, -0.05) is 42.5 Å². The zero-order valence-corrected chi connectivity index (χ0v) is 11.2. The molecule has 0 radical (unpaired) electrons. The molecule has 106 valence electrons. The van der Waals surface area contributed by atoms with Crippen LogP contribution in [0.15, 0.2) is 65.9 Å². The van der Waals surface area contributed by atoms with Crippen molar-refractivity contribution in [3.63, 3.8) is 0 Å². The molecule has 0 aromatic heterocycles. The van der Waals surface area contributed by atoms with E-state index in [2.05, 4.69) is 0 Å². The van der Waals surface area contributed by atoms with Crippen LogP contribution in [-0.2, 0) is 16.0 Å². The number of rotatable bonds is 3. The number of esters is 1. The molecule has 3 rings (SSSR count). The van der Waals surface area contributed by atoms with Gasteiger partial charge in [-0.2, -0.15) is 0 Å². The van der Waals surface area contributed by atoms with Gasteiger partial charge in [0, 0.05) is 12.0 Å². The second kappa shape index (κ2) is 5.32. The quantitative estimate of drug-likeness (QED) is 0.849. The number of carbonyl (C=O) groups excluding carboxylic acids is 1. The molecule has 2 aromatic rings. The highest BCUT2D eigenvalue weighted by atomic mass is 16.6. The number of ether oxygens (including phenoxy) is 1. The average molecular weight is 282 g/mol. The van der Waals surface area contributed by atoms with Gasteiger partial charge in [-0.3, -0.25) is 0 Å². The van der Waals surface area contributed by atoms with E-state index in [-0.39, 0.29) is 17.1 Å². The van der Waals surface area contributed by atoms with Gasteiger partial charge < -0.3 is 14.9 Å². The van der Waals surface area contributed by atoms with Crippen LogP contribution in [0.1, 0.15) is 17.2 Å². The van der Waals surface area contributed by atoms with E-state index in [0.29, 0.717) is 12.0 Å². The summed E-state index contributed by atoms with van der Waals surface area (Å²) in [6.45, 7) is 0. The van der Waals surface area contributed by atoms with Gasteiger partial charge in [0.1, 0.15) is 11.5 Å². The van der Waals surface area contributed by atoms with Crippen molar-refractivity contribution in [3.05, 3.63) is 77.1 Å². The number of hydrogen-bond donors (Lipinski definition) is 2. The van der Waals surface area contributed by atoms with Crippen molar-refractivity contribution in [1.29, 1.82) is 0 Å². The van der Waals surface area contributed by atoms with Gasteiger partial charge >= 0.3 is 5.97 Å². The number of cyclic esters (lactones) is 1. The van der Waals surface area contributed by atoms with Crippen molar-refractivity contribution in [1.82, 2.24) is 0 Å². The Balaban J connectivity index is 1.89. The highest BCUT2D eigenvalue weighted by molar-refractivity contribution is 5.92. The highest BCUT2D eigenvalue weighted by Gasteiger charge is 2.35. The lowest BCUT2D eigenvalue weighted by atomic mass is 10.0. The van der Waals surface area contributed by atoms with Crippen molar-refractivity contribution in [2.45, 2.75) is 12.5 Å². The lowest BCUT2D eigenvalue weighted by Gasteiger charge is -2.10. The molecule has 1 aliphatic rings. The van der Waals surface area contributed by atoms with Crippen LogP contribution in [0, 0.1) is 0 Å². The van der Waals surface area contributed by atoms with Gasteiger partial charge in [-0.05, 0) is 17.7 Å². The summed E-state index contributed by atoms with van der Waals surface area (Å²) in [6.07, 6.45) is -0.461. The second-order valence-electron chi connectivity index (χ2n) is 4.90. The van der Waals surface area contributed by atoms with E-state index in [1.54, 1.807) is 12.1 Å². The molecule has 0 bridgehead atoms. The first-order valence-corrected chi connectivity index (χ1v) is 6.61. The lowest BCUT2D eigenvalue weighted by molar-refractivity contribution is -0.140. The largest absolute Gasteiger partial charge is 0.508 e. The Hall–Kier alpha value is -2.75. The van der Waals surface area contributed by atoms with Crippen LogP contribution in [0.3, 0.4) is 0 Å². The number of phenolic OH excluding ortho intramolecular Hbond substituents is 1. The fourth-order valence-corrected chi connectivity index (χ4v) is 2.33. The molecule has 0 saturated carbocycles. The van der Waals surface area contributed by atoms with Crippen molar-refractivity contribution < 1.29 is 19.7 Å². The number of benzene rings is 2. The molecule has 1 aliphatic heterocycles. The van der Waals surface area contributed by atoms with E-state index in [4.69, 9.17) is 4.74 Å². The Kier molecular flexibility index (Phi) is 3.36. The van der Waals surface area contributed by atoms with Gasteiger partial charge in [-0.25, -0.2) is 4.79 Å². The normalized spacial score (nSPS) is 17.9. The predicted molar refractivity (Wildman–Crippen MR) is 76.7 cm³/mol. The fourth-order valence-electron chi connectivity index (χ4n) is 2.33. The third-order valence-corrected chi connectivity index (χ3v) is 3.45. The Bertz CT molecular complexity index is 686. The molecule has 0 saturated heterocycles. The minimum atomic E-state index is -0.795. The molecule has 0 amide bonds. The molecule has 2 aromatic carbocycles. The van der Waals surface area contributed by atoms with Crippen molar-refractivity contribution in [2.24, 2.45) is 0 Å². The third kappa shape index (κ3) is 2.60. The first-order valence-electron chi connectivity index (χ1n) is 6.61. The van der Waals surface area contributed by atoms with Crippen molar-refractivity contribution in [2.75, 3.05) is 0 Å². The van der Waals surface area contributed by atoms with Crippen molar-refractivity contribution >= 4 is 5.97 Å². The fraction of sp³-hybridized carbons (Fsp3) is 0.118. The standard InChI is InChI=1S/C17H14O4/c18-13-8-6-12(7-9-13)16-15(19)14(17(20)21-16)10-11-4-2-1-3-5-11/h1-9,16,18-19H,10H2. The Morgan fingerprint density at radius 2 is 1.62 bits per heavy atom. The van der Waals surface area contributed by atoms with Gasteiger partial charge in [0.15, 0.2) is 6.10 Å². The molecule has 21 heavy (non-hydrogen) atoms. The smallest absolute Gasteiger partial charge is 0.338 e. The summed E-state index contributed by atoms with van der Waals surface area (Å²) >= 11 is 0. The predicted octanol–water partition coefficient (Wildman–Crippen LogP) is 3.04. The number of aliphatic hydroxyl groups is 1. The van der Waals surface area contributed by atoms with Crippen LogP contribution >= 0.6 is 0 Å². The summed E-state index contributed by atoms with van der Waals surface area (Å²) in [4.78, 5) is 12.0. The van der Waals surface area contributed by atoms with Gasteiger partial charge in [0.2, 0.25) is 0 Å². The van der Waals surface area contributed by atoms with Crippen LogP contribution in [-0.4, -0.2) is 16.2 Å². The molecule has 2 N–H and O–H groups in total. The molecule has 0 aliphatic carbocycles. The molecule has 4 nitrogen and oxygen atoms in total. The average Bonchev–Trinajstić information content (AvgIpc) is 2.77. The van der Waals surface area contributed by atoms with E-state index in [1.807, 2.05) is 30.3 Å². The SMILES string of the molecule is O=C1OC(c2ccc(O)cc2)C(O)=C1Cc1ccccc1. The Morgan fingerprint density at radius 1 is 0.952 bits per heavy atom. The van der Waals surface area contributed by atoms with E-state index in [0.717, 1.165) is 5.56 Å². The molecular weight excluding hydrogens is 268 g/mol. The van der Waals surface area contributed by atoms with Gasteiger partial charge in [0.05, 0.1) is 5.57 Å². The Labute approximate surface area is 121 Å². The number of carbonyl (C=O) groups is 1. The number of aromatic hydroxyl groups is 1. The summed E-state index contributed by atoms with van der Waals surface area (Å²) in [5, 5.41) is 19.6. The summed E-state index contributed by atoms with van der Waals surface area (Å²) in [5.41, 5.74) is 1.84. The molecule has 1 heterocycles.